The molecule has 0 bridgehead atoms. The Labute approximate surface area is 164 Å². The number of nitrogens with zero attached hydrogens (tertiary/aromatic N) is 2. The Balaban J connectivity index is 2.08. The van der Waals surface area contributed by atoms with Crippen LogP contribution in [0.2, 0.25) is 0 Å². The van der Waals surface area contributed by atoms with Crippen molar-refractivity contribution in [3.05, 3.63) is 33.8 Å². The van der Waals surface area contributed by atoms with Gasteiger partial charge in [-0.1, -0.05) is 15.9 Å². The largest absolute Gasteiger partial charge is 0.444 e. The molecule has 1 aromatic carbocycles. The summed E-state index contributed by atoms with van der Waals surface area (Å²) < 4.78 is 43.7. The number of carbonyl (C=O) groups excluding carboxylic acids is 2. The number of ether oxygens (including phenoxy) is 1. The van der Waals surface area contributed by atoms with Gasteiger partial charge in [-0.3, -0.25) is 4.79 Å². The Hall–Kier alpha value is -1.77. The number of piperazine rings is 1. The zero-order valence-electron chi connectivity index (χ0n) is 15.6. The van der Waals surface area contributed by atoms with Crippen molar-refractivity contribution in [3.63, 3.8) is 0 Å². The van der Waals surface area contributed by atoms with E-state index in [0.29, 0.717) is 6.54 Å². The minimum Gasteiger partial charge on any atom is -0.444 e. The topological polar surface area (TPSA) is 49.9 Å². The molecule has 1 heterocycles. The van der Waals surface area contributed by atoms with Gasteiger partial charge in [0.25, 0.3) is 5.91 Å². The molecule has 1 saturated heterocycles. The van der Waals surface area contributed by atoms with Gasteiger partial charge < -0.3 is 14.5 Å². The van der Waals surface area contributed by atoms with E-state index in [1.54, 1.807) is 32.6 Å². The van der Waals surface area contributed by atoms with Gasteiger partial charge in [0, 0.05) is 35.7 Å². The molecule has 1 atom stereocenters. The molecule has 1 fully saturated rings. The quantitative estimate of drug-likeness (QED) is 0.630. The summed E-state index contributed by atoms with van der Waals surface area (Å²) in [5.41, 5.74) is -1.29. The van der Waals surface area contributed by atoms with Gasteiger partial charge in [0.2, 0.25) is 0 Å². The van der Waals surface area contributed by atoms with E-state index in [2.05, 4.69) is 15.9 Å². The highest BCUT2D eigenvalue weighted by Gasteiger charge is 2.35. The fourth-order valence-corrected chi connectivity index (χ4v) is 3.40. The molecule has 1 aromatic rings. The number of rotatable bonds is 1. The van der Waals surface area contributed by atoms with Crippen molar-refractivity contribution in [2.45, 2.75) is 45.5 Å². The maximum absolute atomic E-state index is 12.8. The molecular weight excluding hydrogens is 429 g/mol. The first-order valence-electron chi connectivity index (χ1n) is 8.45. The summed E-state index contributed by atoms with van der Waals surface area (Å²) in [6.45, 7) is 7.97. The van der Waals surface area contributed by atoms with Crippen LogP contribution >= 0.6 is 15.9 Å². The number of carbonyl (C=O) groups is 2. The Bertz CT molecular complexity index is 732. The van der Waals surface area contributed by atoms with E-state index in [-0.39, 0.29) is 35.1 Å². The van der Waals surface area contributed by atoms with Crippen LogP contribution in [0.25, 0.3) is 0 Å². The third-order valence-electron chi connectivity index (χ3n) is 4.06. The number of hydrogen-bond donors (Lipinski definition) is 0. The van der Waals surface area contributed by atoms with Gasteiger partial charge in [-0.2, -0.15) is 13.2 Å². The molecule has 1 aliphatic rings. The summed E-state index contributed by atoms with van der Waals surface area (Å²) in [5.74, 6) is -0.375. The van der Waals surface area contributed by atoms with Crippen molar-refractivity contribution in [3.8, 4) is 0 Å². The first-order valence-corrected chi connectivity index (χ1v) is 9.24. The lowest BCUT2D eigenvalue weighted by Gasteiger charge is -2.40. The predicted molar refractivity (Wildman–Crippen MR) is 97.4 cm³/mol. The third-order valence-corrected chi connectivity index (χ3v) is 4.72. The van der Waals surface area contributed by atoms with Crippen LogP contribution in [0.5, 0.6) is 0 Å². The SMILES string of the molecule is C[C@@H]1CN(C(=O)c2ccc(C(F)(F)F)c(Br)c2)CCN1C(=O)OC(C)(C)C. The summed E-state index contributed by atoms with van der Waals surface area (Å²) in [4.78, 5) is 28.0. The van der Waals surface area contributed by atoms with Gasteiger partial charge in [-0.25, -0.2) is 4.79 Å². The number of benzene rings is 1. The highest BCUT2D eigenvalue weighted by atomic mass is 79.9. The van der Waals surface area contributed by atoms with Gasteiger partial charge in [0.1, 0.15) is 5.60 Å². The first kappa shape index (κ1) is 21.5. The number of halogens is 4. The van der Waals surface area contributed by atoms with Crippen LogP contribution in [-0.4, -0.2) is 53.1 Å². The van der Waals surface area contributed by atoms with Crippen LogP contribution in [0.1, 0.15) is 43.6 Å². The fourth-order valence-electron chi connectivity index (χ4n) is 2.79. The molecule has 27 heavy (non-hydrogen) atoms. The third kappa shape index (κ3) is 5.37. The van der Waals surface area contributed by atoms with Crippen molar-refractivity contribution < 1.29 is 27.5 Å². The van der Waals surface area contributed by atoms with Crippen molar-refractivity contribution in [1.82, 2.24) is 9.80 Å². The van der Waals surface area contributed by atoms with Crippen LogP contribution in [0.4, 0.5) is 18.0 Å². The minimum absolute atomic E-state index is 0.160. The van der Waals surface area contributed by atoms with E-state index in [4.69, 9.17) is 4.74 Å². The van der Waals surface area contributed by atoms with Gasteiger partial charge >= 0.3 is 12.3 Å². The average molecular weight is 451 g/mol. The van der Waals surface area contributed by atoms with E-state index in [1.807, 2.05) is 0 Å². The molecule has 0 saturated carbocycles. The van der Waals surface area contributed by atoms with E-state index in [1.165, 1.54) is 17.0 Å². The maximum Gasteiger partial charge on any atom is 0.417 e. The van der Waals surface area contributed by atoms with Gasteiger partial charge in [-0.15, -0.1) is 0 Å². The molecule has 0 unspecified atom stereocenters. The zero-order chi connectivity index (χ0) is 20.6. The predicted octanol–water partition coefficient (Wildman–Crippen LogP) is 4.55. The monoisotopic (exact) mass is 450 g/mol. The highest BCUT2D eigenvalue weighted by Crippen LogP contribution is 2.35. The Morgan fingerprint density at radius 3 is 2.30 bits per heavy atom. The van der Waals surface area contributed by atoms with Crippen LogP contribution in [-0.2, 0) is 10.9 Å². The van der Waals surface area contributed by atoms with Crippen LogP contribution in [0, 0.1) is 0 Å². The summed E-state index contributed by atoms with van der Waals surface area (Å²) in [6, 6.07) is 2.96. The standard InChI is InChI=1S/C18H22BrF3N2O3/c1-11-10-23(7-8-24(11)16(26)27-17(2,3)4)15(25)12-5-6-13(14(19)9-12)18(20,21)22/h5-6,9,11H,7-8,10H2,1-4H3/t11-/m1/s1. The van der Waals surface area contributed by atoms with Crippen LogP contribution < -0.4 is 0 Å². The second-order valence-corrected chi connectivity index (χ2v) is 8.32. The van der Waals surface area contributed by atoms with E-state index >= 15 is 0 Å². The molecule has 0 radical (unpaired) electrons. The second kappa shape index (κ2) is 7.69. The van der Waals surface area contributed by atoms with Crippen molar-refractivity contribution in [1.29, 1.82) is 0 Å². The smallest absolute Gasteiger partial charge is 0.417 e. The van der Waals surface area contributed by atoms with Gasteiger partial charge in [0.15, 0.2) is 0 Å². The van der Waals surface area contributed by atoms with E-state index in [0.717, 1.165) is 6.07 Å². The molecular formula is C18H22BrF3N2O3. The molecule has 0 N–H and O–H groups in total. The van der Waals surface area contributed by atoms with E-state index in [9.17, 15) is 22.8 Å². The molecule has 0 spiro atoms. The maximum atomic E-state index is 12.8. The summed E-state index contributed by atoms with van der Waals surface area (Å²) >= 11 is 2.88. The Morgan fingerprint density at radius 1 is 1.19 bits per heavy atom. The second-order valence-electron chi connectivity index (χ2n) is 7.47. The van der Waals surface area contributed by atoms with Gasteiger partial charge in [-0.05, 0) is 45.9 Å². The summed E-state index contributed by atoms with van der Waals surface area (Å²) in [7, 11) is 0. The Morgan fingerprint density at radius 2 is 1.81 bits per heavy atom. The lowest BCUT2D eigenvalue weighted by molar-refractivity contribution is -0.138. The number of hydrogen-bond acceptors (Lipinski definition) is 3. The molecule has 0 aliphatic carbocycles. The molecule has 0 aromatic heterocycles. The highest BCUT2D eigenvalue weighted by molar-refractivity contribution is 9.10. The lowest BCUT2D eigenvalue weighted by Crippen LogP contribution is -2.56. The van der Waals surface area contributed by atoms with E-state index < -0.39 is 23.4 Å². The molecule has 150 valence electrons. The zero-order valence-corrected chi connectivity index (χ0v) is 17.1. The first-order chi connectivity index (χ1) is 12.3. The number of amides is 2. The summed E-state index contributed by atoms with van der Waals surface area (Å²) in [6.07, 6.45) is -4.94. The van der Waals surface area contributed by atoms with Crippen molar-refractivity contribution in [2.75, 3.05) is 19.6 Å². The molecule has 5 nitrogen and oxygen atoms in total. The molecule has 9 heteroatoms. The van der Waals surface area contributed by atoms with Gasteiger partial charge in [0.05, 0.1) is 5.56 Å². The molecule has 2 rings (SSSR count). The molecule has 1 aliphatic heterocycles. The van der Waals surface area contributed by atoms with Crippen molar-refractivity contribution in [2.24, 2.45) is 0 Å². The average Bonchev–Trinajstić information content (AvgIpc) is 2.50. The fraction of sp³-hybridized carbons (Fsp3) is 0.556. The lowest BCUT2D eigenvalue weighted by atomic mass is 10.1. The Kier molecular flexibility index (Phi) is 6.13. The van der Waals surface area contributed by atoms with Crippen LogP contribution in [0.15, 0.2) is 22.7 Å². The minimum atomic E-state index is -4.49. The normalized spacial score (nSPS) is 18.4. The van der Waals surface area contributed by atoms with Crippen molar-refractivity contribution >= 4 is 27.9 Å². The summed E-state index contributed by atoms with van der Waals surface area (Å²) in [5, 5.41) is 0. The van der Waals surface area contributed by atoms with Crippen LogP contribution in [0.3, 0.4) is 0 Å². The molecule has 2 amide bonds. The number of alkyl halides is 3.